The van der Waals surface area contributed by atoms with Gasteiger partial charge in [-0.2, -0.15) is 0 Å². The number of carbonyl (C=O) groups is 1. The van der Waals surface area contributed by atoms with Crippen LogP contribution >= 0.6 is 11.6 Å². The van der Waals surface area contributed by atoms with Gasteiger partial charge in [-0.1, -0.05) is 41.9 Å². The van der Waals surface area contributed by atoms with Crippen LogP contribution in [-0.2, 0) is 11.3 Å². The molecule has 2 aromatic heterocycles. The summed E-state index contributed by atoms with van der Waals surface area (Å²) in [6.07, 6.45) is 1.43. The average Bonchev–Trinajstić information content (AvgIpc) is 2.65. The van der Waals surface area contributed by atoms with Gasteiger partial charge in [-0.05, 0) is 29.0 Å². The van der Waals surface area contributed by atoms with Crippen molar-refractivity contribution in [3.8, 4) is 0 Å². The number of pyridine rings is 1. The number of aromatic nitrogens is 1. The zero-order valence-corrected chi connectivity index (χ0v) is 14.2. The quantitative estimate of drug-likeness (QED) is 0.306. The molecule has 26 heavy (non-hydrogen) atoms. The summed E-state index contributed by atoms with van der Waals surface area (Å²) in [6, 6.07) is 15.7. The number of benzene rings is 2. The predicted molar refractivity (Wildman–Crippen MR) is 98.4 cm³/mol. The largest absolute Gasteiger partial charge is 0.456 e. The molecule has 2 heterocycles. The van der Waals surface area contributed by atoms with E-state index in [9.17, 15) is 9.59 Å². The number of carbonyl (C=O) groups excluding carboxylic acids is 1. The Balaban J connectivity index is 1.75. The smallest absolute Gasteiger partial charge is 0.357 e. The zero-order chi connectivity index (χ0) is 18.1. The van der Waals surface area contributed by atoms with Gasteiger partial charge in [0.05, 0.1) is 0 Å². The topological polar surface area (TPSA) is 69.4 Å². The minimum Gasteiger partial charge on any atom is -0.456 e. The third-order valence-electron chi connectivity index (χ3n) is 4.00. The van der Waals surface area contributed by atoms with E-state index in [1.165, 1.54) is 18.3 Å². The lowest BCUT2D eigenvalue weighted by molar-refractivity contribution is 0.0467. The zero-order valence-electron chi connectivity index (χ0n) is 13.4. The van der Waals surface area contributed by atoms with Gasteiger partial charge in [0.15, 0.2) is 0 Å². The summed E-state index contributed by atoms with van der Waals surface area (Å²) in [5.41, 5.74) is 0.626. The molecular weight excluding hydrogens is 354 g/mol. The number of esters is 1. The molecule has 0 fully saturated rings. The SMILES string of the molecule is O=C(OCc1cc(=O)oc2ccc3ccccc3c12)c1cc(Cl)ccn1. The molecule has 0 amide bonds. The van der Waals surface area contributed by atoms with Crippen molar-refractivity contribution in [3.63, 3.8) is 0 Å². The summed E-state index contributed by atoms with van der Waals surface area (Å²) in [4.78, 5) is 28.0. The van der Waals surface area contributed by atoms with E-state index in [0.29, 0.717) is 16.2 Å². The van der Waals surface area contributed by atoms with E-state index in [4.69, 9.17) is 20.8 Å². The van der Waals surface area contributed by atoms with Crippen molar-refractivity contribution in [1.29, 1.82) is 0 Å². The Kier molecular flexibility index (Phi) is 4.14. The van der Waals surface area contributed by atoms with Crippen molar-refractivity contribution >= 4 is 39.3 Å². The lowest BCUT2D eigenvalue weighted by Crippen LogP contribution is -2.09. The van der Waals surface area contributed by atoms with Crippen LogP contribution in [0.2, 0.25) is 5.02 Å². The van der Waals surface area contributed by atoms with E-state index in [-0.39, 0.29) is 12.3 Å². The van der Waals surface area contributed by atoms with E-state index < -0.39 is 11.6 Å². The summed E-state index contributed by atoms with van der Waals surface area (Å²) in [6.45, 7) is -0.0802. The van der Waals surface area contributed by atoms with Gasteiger partial charge in [-0.15, -0.1) is 0 Å². The van der Waals surface area contributed by atoms with Crippen molar-refractivity contribution in [1.82, 2.24) is 4.98 Å². The lowest BCUT2D eigenvalue weighted by atomic mass is 10.0. The number of hydrogen-bond donors (Lipinski definition) is 0. The van der Waals surface area contributed by atoms with Crippen LogP contribution in [0.1, 0.15) is 16.1 Å². The molecule has 0 radical (unpaired) electrons. The molecule has 0 atom stereocenters. The number of halogens is 1. The first kappa shape index (κ1) is 16.3. The molecule has 0 saturated heterocycles. The third-order valence-corrected chi connectivity index (χ3v) is 4.24. The highest BCUT2D eigenvalue weighted by molar-refractivity contribution is 6.30. The van der Waals surface area contributed by atoms with Crippen LogP contribution in [0.4, 0.5) is 0 Å². The summed E-state index contributed by atoms with van der Waals surface area (Å²) in [7, 11) is 0. The number of nitrogens with zero attached hydrogens (tertiary/aromatic N) is 1. The van der Waals surface area contributed by atoms with Crippen LogP contribution in [0.3, 0.4) is 0 Å². The number of hydrogen-bond acceptors (Lipinski definition) is 5. The fraction of sp³-hybridized carbons (Fsp3) is 0.0500. The summed E-state index contributed by atoms with van der Waals surface area (Å²) < 4.78 is 10.6. The first-order valence-electron chi connectivity index (χ1n) is 7.85. The van der Waals surface area contributed by atoms with Crippen LogP contribution in [-0.4, -0.2) is 11.0 Å². The maximum Gasteiger partial charge on any atom is 0.357 e. The molecule has 0 saturated carbocycles. The first-order chi connectivity index (χ1) is 12.6. The van der Waals surface area contributed by atoms with Crippen LogP contribution in [0.5, 0.6) is 0 Å². The fourth-order valence-corrected chi connectivity index (χ4v) is 3.03. The van der Waals surface area contributed by atoms with E-state index >= 15 is 0 Å². The second-order valence-corrected chi connectivity index (χ2v) is 6.12. The first-order valence-corrected chi connectivity index (χ1v) is 8.23. The van der Waals surface area contributed by atoms with Crippen LogP contribution in [0.15, 0.2) is 70.0 Å². The van der Waals surface area contributed by atoms with Gasteiger partial charge in [0.2, 0.25) is 0 Å². The Morgan fingerprint density at radius 3 is 2.81 bits per heavy atom. The van der Waals surface area contributed by atoms with Gasteiger partial charge in [0.1, 0.15) is 17.9 Å². The molecule has 0 bridgehead atoms. The van der Waals surface area contributed by atoms with E-state index in [1.807, 2.05) is 30.3 Å². The Morgan fingerprint density at radius 2 is 1.96 bits per heavy atom. The maximum atomic E-state index is 12.2. The molecule has 0 aliphatic carbocycles. The second kappa shape index (κ2) is 6.61. The highest BCUT2D eigenvalue weighted by Crippen LogP contribution is 2.27. The standard InChI is InChI=1S/C20H12ClNO4/c21-14-7-8-22-16(10-14)20(24)25-11-13-9-18(23)26-17-6-5-12-3-1-2-4-15(12)19(13)17/h1-10H,11H2. The van der Waals surface area contributed by atoms with E-state index in [1.54, 1.807) is 12.1 Å². The number of ether oxygens (including phenoxy) is 1. The van der Waals surface area contributed by atoms with Gasteiger partial charge in [0, 0.05) is 28.2 Å². The highest BCUT2D eigenvalue weighted by atomic mass is 35.5. The highest BCUT2D eigenvalue weighted by Gasteiger charge is 2.14. The van der Waals surface area contributed by atoms with Gasteiger partial charge in [0.25, 0.3) is 0 Å². The fourth-order valence-electron chi connectivity index (χ4n) is 2.87. The van der Waals surface area contributed by atoms with Crippen molar-refractivity contribution in [2.75, 3.05) is 0 Å². The number of fused-ring (bicyclic) bond motifs is 3. The normalized spacial score (nSPS) is 11.0. The van der Waals surface area contributed by atoms with Crippen molar-refractivity contribution in [2.45, 2.75) is 6.61 Å². The van der Waals surface area contributed by atoms with Gasteiger partial charge >= 0.3 is 11.6 Å². The van der Waals surface area contributed by atoms with Crippen LogP contribution < -0.4 is 5.63 Å². The Labute approximate surface area is 152 Å². The molecule has 4 rings (SSSR count). The summed E-state index contributed by atoms with van der Waals surface area (Å²) in [5.74, 6) is -0.617. The minimum absolute atomic E-state index is 0.0802. The lowest BCUT2D eigenvalue weighted by Gasteiger charge is -2.09. The maximum absolute atomic E-state index is 12.2. The second-order valence-electron chi connectivity index (χ2n) is 5.69. The average molecular weight is 366 g/mol. The molecule has 0 aliphatic heterocycles. The number of rotatable bonds is 3. The summed E-state index contributed by atoms with van der Waals surface area (Å²) >= 11 is 5.87. The monoisotopic (exact) mass is 365 g/mol. The van der Waals surface area contributed by atoms with Crippen LogP contribution in [0.25, 0.3) is 21.7 Å². The van der Waals surface area contributed by atoms with Gasteiger partial charge in [-0.25, -0.2) is 14.6 Å². The van der Waals surface area contributed by atoms with Gasteiger partial charge < -0.3 is 9.15 Å². The van der Waals surface area contributed by atoms with E-state index in [2.05, 4.69) is 4.98 Å². The van der Waals surface area contributed by atoms with Gasteiger partial charge in [-0.3, -0.25) is 0 Å². The van der Waals surface area contributed by atoms with E-state index in [0.717, 1.165) is 16.2 Å². The molecule has 0 N–H and O–H groups in total. The molecular formula is C20H12ClNO4. The molecule has 0 unspecified atom stereocenters. The predicted octanol–water partition coefficient (Wildman–Crippen LogP) is 4.35. The Morgan fingerprint density at radius 1 is 1.12 bits per heavy atom. The van der Waals surface area contributed by atoms with Crippen molar-refractivity contribution < 1.29 is 13.9 Å². The van der Waals surface area contributed by atoms with Crippen LogP contribution in [0, 0.1) is 0 Å². The molecule has 128 valence electrons. The summed E-state index contributed by atoms with van der Waals surface area (Å²) in [5, 5.41) is 3.05. The molecule has 0 aliphatic rings. The molecule has 2 aromatic carbocycles. The molecule has 4 aromatic rings. The molecule has 0 spiro atoms. The molecule has 5 nitrogen and oxygen atoms in total. The Bertz CT molecular complexity index is 1200. The minimum atomic E-state index is -0.617. The Hall–Kier alpha value is -3.18. The van der Waals surface area contributed by atoms with Crippen molar-refractivity contribution in [2.24, 2.45) is 0 Å². The molecule has 6 heteroatoms. The third kappa shape index (κ3) is 3.05. The van der Waals surface area contributed by atoms with Crippen molar-refractivity contribution in [3.05, 3.63) is 87.5 Å².